The molecule has 0 aliphatic carbocycles. The van der Waals surface area contributed by atoms with Crippen LogP contribution in [0.5, 0.6) is 0 Å². The van der Waals surface area contributed by atoms with E-state index in [1.807, 2.05) is 36.4 Å². The van der Waals surface area contributed by atoms with Gasteiger partial charge in [-0.1, -0.05) is 36.4 Å². The van der Waals surface area contributed by atoms with Crippen molar-refractivity contribution in [3.8, 4) is 0 Å². The molecule has 2 atom stereocenters. The fourth-order valence-corrected chi connectivity index (χ4v) is 2.62. The summed E-state index contributed by atoms with van der Waals surface area (Å²) in [6.07, 6.45) is 3.26. The summed E-state index contributed by atoms with van der Waals surface area (Å²) in [4.78, 5) is 16.4. The Kier molecular flexibility index (Phi) is 4.78. The van der Waals surface area contributed by atoms with E-state index in [2.05, 4.69) is 33.3 Å². The topological polar surface area (TPSA) is 66.0 Å². The maximum absolute atomic E-state index is 12.2. The molecule has 1 aliphatic rings. The molecule has 3 rings (SSSR count). The first-order valence-corrected chi connectivity index (χ1v) is 7.56. The van der Waals surface area contributed by atoms with E-state index >= 15 is 0 Å². The molecule has 114 valence electrons. The molecule has 1 aliphatic heterocycles. The number of aromatic nitrogens is 1. The molecule has 0 bridgehead atoms. The van der Waals surface area contributed by atoms with E-state index in [0.29, 0.717) is 6.54 Å². The molecule has 2 unspecified atom stereocenters. The van der Waals surface area contributed by atoms with Gasteiger partial charge in [-0.2, -0.15) is 0 Å². The lowest BCUT2D eigenvalue weighted by molar-refractivity contribution is -0.122. The number of carbonyl (C=O) groups is 1. The van der Waals surface area contributed by atoms with Gasteiger partial charge in [0.2, 0.25) is 5.91 Å². The molecule has 5 nitrogen and oxygen atoms in total. The second kappa shape index (κ2) is 7.15. The zero-order valence-electron chi connectivity index (χ0n) is 12.3. The van der Waals surface area contributed by atoms with E-state index in [1.54, 1.807) is 6.20 Å². The van der Waals surface area contributed by atoms with E-state index in [9.17, 15) is 4.79 Å². The third-order valence-electron chi connectivity index (χ3n) is 3.83. The highest BCUT2D eigenvalue weighted by molar-refractivity contribution is 5.82. The van der Waals surface area contributed by atoms with Crippen molar-refractivity contribution >= 4 is 5.91 Å². The van der Waals surface area contributed by atoms with Crippen LogP contribution in [0.15, 0.2) is 54.7 Å². The molecule has 1 amide bonds. The number of pyridine rings is 1. The first-order chi connectivity index (χ1) is 10.8. The van der Waals surface area contributed by atoms with Gasteiger partial charge in [-0.05, 0) is 24.1 Å². The van der Waals surface area contributed by atoms with Crippen molar-refractivity contribution in [1.82, 2.24) is 21.2 Å². The number of rotatable bonds is 5. The van der Waals surface area contributed by atoms with E-state index in [1.165, 1.54) is 5.56 Å². The molecule has 0 spiro atoms. The quantitative estimate of drug-likeness (QED) is 0.779. The second-order valence-electron chi connectivity index (χ2n) is 5.40. The number of hydrazine groups is 1. The van der Waals surface area contributed by atoms with Crippen LogP contribution in [0.25, 0.3) is 0 Å². The van der Waals surface area contributed by atoms with Gasteiger partial charge in [-0.15, -0.1) is 0 Å². The molecule has 1 aromatic carbocycles. The smallest absolute Gasteiger partial charge is 0.238 e. The predicted octanol–water partition coefficient (Wildman–Crippen LogP) is 1.35. The van der Waals surface area contributed by atoms with E-state index < -0.39 is 0 Å². The number of nitrogens with one attached hydrogen (secondary N) is 3. The Morgan fingerprint density at radius 3 is 2.73 bits per heavy atom. The highest BCUT2D eigenvalue weighted by atomic mass is 16.2. The van der Waals surface area contributed by atoms with Crippen LogP contribution in [0.3, 0.4) is 0 Å². The Balaban J connectivity index is 1.46. The molecule has 1 saturated heterocycles. The van der Waals surface area contributed by atoms with Gasteiger partial charge >= 0.3 is 0 Å². The number of hydrogen-bond acceptors (Lipinski definition) is 4. The normalized spacial score (nSPS) is 20.7. The Labute approximate surface area is 130 Å². The number of carbonyl (C=O) groups excluding carboxylic acids is 1. The van der Waals surface area contributed by atoms with Crippen molar-refractivity contribution in [2.45, 2.75) is 24.9 Å². The van der Waals surface area contributed by atoms with E-state index in [0.717, 1.165) is 18.5 Å². The Morgan fingerprint density at radius 1 is 1.14 bits per heavy atom. The van der Waals surface area contributed by atoms with Crippen molar-refractivity contribution in [1.29, 1.82) is 0 Å². The lowest BCUT2D eigenvalue weighted by atomic mass is 10.0. The summed E-state index contributed by atoms with van der Waals surface area (Å²) in [6.45, 7) is 0.601. The predicted molar refractivity (Wildman–Crippen MR) is 84.8 cm³/mol. The molecular formula is C17H20N4O. The number of nitrogens with zero attached hydrogens (tertiary/aromatic N) is 1. The molecule has 2 aromatic rings. The lowest BCUT2D eigenvalue weighted by Crippen LogP contribution is -2.43. The Bertz CT molecular complexity index is 603. The molecule has 22 heavy (non-hydrogen) atoms. The van der Waals surface area contributed by atoms with Gasteiger partial charge in [-0.3, -0.25) is 9.78 Å². The van der Waals surface area contributed by atoms with Gasteiger partial charge in [0, 0.05) is 30.9 Å². The van der Waals surface area contributed by atoms with Crippen LogP contribution in [0, 0.1) is 0 Å². The van der Waals surface area contributed by atoms with Crippen molar-refractivity contribution in [3.05, 3.63) is 66.0 Å². The first kappa shape index (κ1) is 14.7. The molecule has 3 N–H and O–H groups in total. The van der Waals surface area contributed by atoms with Crippen LogP contribution < -0.4 is 16.2 Å². The van der Waals surface area contributed by atoms with Crippen LogP contribution >= 0.6 is 0 Å². The average Bonchev–Trinajstić information content (AvgIpc) is 3.07. The molecule has 2 heterocycles. The van der Waals surface area contributed by atoms with Crippen molar-refractivity contribution in [2.75, 3.05) is 6.54 Å². The molecule has 0 radical (unpaired) electrons. The van der Waals surface area contributed by atoms with Crippen molar-refractivity contribution < 1.29 is 4.79 Å². The van der Waals surface area contributed by atoms with Crippen molar-refractivity contribution in [3.63, 3.8) is 0 Å². The summed E-state index contributed by atoms with van der Waals surface area (Å²) in [7, 11) is 0. The molecule has 5 heteroatoms. The van der Waals surface area contributed by atoms with Gasteiger partial charge in [0.25, 0.3) is 0 Å². The third kappa shape index (κ3) is 3.69. The monoisotopic (exact) mass is 296 g/mol. The summed E-state index contributed by atoms with van der Waals surface area (Å²) in [6, 6.07) is 15.9. The SMILES string of the molecule is O=C(NCCc1ccccn1)C1CC(c2ccccc2)NN1. The van der Waals surface area contributed by atoms with E-state index in [-0.39, 0.29) is 18.0 Å². The van der Waals surface area contributed by atoms with E-state index in [4.69, 9.17) is 0 Å². The standard InChI is InChI=1S/C17H20N4O/c22-17(19-11-9-14-8-4-5-10-18-14)16-12-15(20-21-16)13-6-2-1-3-7-13/h1-8,10,15-16,20-21H,9,11-12H2,(H,19,22). The van der Waals surface area contributed by atoms with Crippen LogP contribution in [0.2, 0.25) is 0 Å². The minimum absolute atomic E-state index is 0.0295. The number of benzene rings is 1. The maximum atomic E-state index is 12.2. The lowest BCUT2D eigenvalue weighted by Gasteiger charge is -2.10. The number of hydrogen-bond donors (Lipinski definition) is 3. The Morgan fingerprint density at radius 2 is 1.95 bits per heavy atom. The van der Waals surface area contributed by atoms with Gasteiger partial charge in [0.05, 0.1) is 0 Å². The van der Waals surface area contributed by atoms with Crippen LogP contribution in [-0.4, -0.2) is 23.5 Å². The summed E-state index contributed by atoms with van der Waals surface area (Å²) < 4.78 is 0. The third-order valence-corrected chi connectivity index (χ3v) is 3.83. The average molecular weight is 296 g/mol. The molecule has 0 saturated carbocycles. The van der Waals surface area contributed by atoms with Crippen molar-refractivity contribution in [2.24, 2.45) is 0 Å². The first-order valence-electron chi connectivity index (χ1n) is 7.56. The van der Waals surface area contributed by atoms with Gasteiger partial charge < -0.3 is 5.32 Å². The summed E-state index contributed by atoms with van der Waals surface area (Å²) in [5.74, 6) is 0.0295. The van der Waals surface area contributed by atoms with Gasteiger partial charge in [0.1, 0.15) is 6.04 Å². The highest BCUT2D eigenvalue weighted by Gasteiger charge is 2.29. The van der Waals surface area contributed by atoms with Gasteiger partial charge in [-0.25, -0.2) is 10.9 Å². The zero-order chi connectivity index (χ0) is 15.2. The second-order valence-corrected chi connectivity index (χ2v) is 5.40. The van der Waals surface area contributed by atoms with Crippen LogP contribution in [-0.2, 0) is 11.2 Å². The highest BCUT2D eigenvalue weighted by Crippen LogP contribution is 2.21. The molecular weight excluding hydrogens is 276 g/mol. The molecule has 1 aromatic heterocycles. The van der Waals surface area contributed by atoms with Crippen LogP contribution in [0.4, 0.5) is 0 Å². The zero-order valence-corrected chi connectivity index (χ0v) is 12.3. The summed E-state index contributed by atoms with van der Waals surface area (Å²) in [5, 5.41) is 2.96. The fourth-order valence-electron chi connectivity index (χ4n) is 2.62. The molecule has 1 fully saturated rings. The number of amides is 1. The minimum atomic E-state index is -0.200. The maximum Gasteiger partial charge on any atom is 0.238 e. The van der Waals surface area contributed by atoms with Crippen LogP contribution in [0.1, 0.15) is 23.7 Å². The Hall–Kier alpha value is -2.24. The largest absolute Gasteiger partial charge is 0.354 e. The summed E-state index contributed by atoms with van der Waals surface area (Å²) in [5.41, 5.74) is 8.45. The van der Waals surface area contributed by atoms with Gasteiger partial charge in [0.15, 0.2) is 0 Å². The fraction of sp³-hybridized carbons (Fsp3) is 0.294. The minimum Gasteiger partial charge on any atom is -0.354 e. The summed E-state index contributed by atoms with van der Waals surface area (Å²) >= 11 is 0.